The fourth-order valence-electron chi connectivity index (χ4n) is 2.37. The third-order valence-corrected chi connectivity index (χ3v) is 4.03. The van der Waals surface area contributed by atoms with Crippen LogP contribution in [0.5, 0.6) is 5.75 Å². The first-order valence-corrected chi connectivity index (χ1v) is 7.48. The zero-order chi connectivity index (χ0) is 17.3. The predicted octanol–water partition coefficient (Wildman–Crippen LogP) is 4.84. The minimum absolute atomic E-state index is 0.0586. The summed E-state index contributed by atoms with van der Waals surface area (Å²) in [5.74, 6) is -1.67. The Morgan fingerprint density at radius 3 is 1.87 bits per heavy atom. The monoisotopic (exact) mass is 352 g/mol. The van der Waals surface area contributed by atoms with E-state index in [0.29, 0.717) is 5.75 Å². The standard InChI is InChI=1S/C17H14Cl2O4/c1-8-4-9(2)15(10(3)5-8)23-17(22)12-7-14(19)13(18)6-11(12)16(20)21/h4-7H,1-3H3,(H,20,21). The molecule has 0 bridgehead atoms. The molecule has 6 heteroatoms. The Labute approximate surface area is 143 Å². The van der Waals surface area contributed by atoms with Gasteiger partial charge in [0, 0.05) is 0 Å². The molecule has 0 unspecified atom stereocenters. The van der Waals surface area contributed by atoms with E-state index in [1.54, 1.807) is 0 Å². The van der Waals surface area contributed by atoms with Crippen LogP contribution in [-0.2, 0) is 0 Å². The van der Waals surface area contributed by atoms with Gasteiger partial charge in [-0.15, -0.1) is 0 Å². The van der Waals surface area contributed by atoms with Gasteiger partial charge in [0.25, 0.3) is 0 Å². The lowest BCUT2D eigenvalue weighted by Gasteiger charge is -2.13. The second kappa shape index (κ2) is 6.60. The quantitative estimate of drug-likeness (QED) is 0.634. The highest BCUT2D eigenvalue weighted by Crippen LogP contribution is 2.29. The van der Waals surface area contributed by atoms with Gasteiger partial charge in [-0.25, -0.2) is 9.59 Å². The summed E-state index contributed by atoms with van der Waals surface area (Å²) in [4.78, 5) is 23.7. The van der Waals surface area contributed by atoms with E-state index in [0.717, 1.165) is 22.8 Å². The number of esters is 1. The van der Waals surface area contributed by atoms with E-state index in [1.165, 1.54) is 6.07 Å². The Morgan fingerprint density at radius 2 is 1.39 bits per heavy atom. The van der Waals surface area contributed by atoms with Gasteiger partial charge in [-0.05, 0) is 44.0 Å². The Hall–Kier alpha value is -2.04. The van der Waals surface area contributed by atoms with Crippen molar-refractivity contribution in [2.24, 2.45) is 0 Å². The summed E-state index contributed by atoms with van der Waals surface area (Å²) in [6, 6.07) is 6.09. The maximum atomic E-state index is 12.4. The molecule has 0 spiro atoms. The zero-order valence-electron chi connectivity index (χ0n) is 12.7. The van der Waals surface area contributed by atoms with Crippen LogP contribution in [0.2, 0.25) is 10.0 Å². The molecular weight excluding hydrogens is 339 g/mol. The maximum Gasteiger partial charge on any atom is 0.344 e. The minimum atomic E-state index is -1.28. The molecule has 2 rings (SSSR count). The Morgan fingerprint density at radius 1 is 0.913 bits per heavy atom. The van der Waals surface area contributed by atoms with Gasteiger partial charge < -0.3 is 9.84 Å². The highest BCUT2D eigenvalue weighted by atomic mass is 35.5. The lowest BCUT2D eigenvalue weighted by molar-refractivity contribution is 0.0667. The number of halogens is 2. The minimum Gasteiger partial charge on any atom is -0.478 e. The average Bonchev–Trinajstić information content (AvgIpc) is 2.44. The molecule has 0 aliphatic heterocycles. The Kier molecular flexibility index (Phi) is 4.97. The molecular formula is C17H14Cl2O4. The number of benzene rings is 2. The number of rotatable bonds is 3. The number of hydrogen-bond acceptors (Lipinski definition) is 3. The van der Waals surface area contributed by atoms with Gasteiger partial charge in [-0.1, -0.05) is 40.9 Å². The van der Waals surface area contributed by atoms with E-state index in [2.05, 4.69) is 0 Å². The van der Waals surface area contributed by atoms with Crippen molar-refractivity contribution < 1.29 is 19.4 Å². The fraction of sp³-hybridized carbons (Fsp3) is 0.176. The van der Waals surface area contributed by atoms with Crippen molar-refractivity contribution in [3.63, 3.8) is 0 Å². The van der Waals surface area contributed by atoms with Crippen molar-refractivity contribution in [3.05, 3.63) is 62.1 Å². The summed E-state index contributed by atoms with van der Waals surface area (Å²) in [5.41, 5.74) is 2.21. The average molecular weight is 353 g/mol. The molecule has 0 amide bonds. The normalized spacial score (nSPS) is 10.5. The second-order valence-electron chi connectivity index (χ2n) is 5.23. The zero-order valence-corrected chi connectivity index (χ0v) is 14.2. The van der Waals surface area contributed by atoms with E-state index in [4.69, 9.17) is 27.9 Å². The summed E-state index contributed by atoms with van der Waals surface area (Å²) in [5, 5.41) is 9.37. The summed E-state index contributed by atoms with van der Waals surface area (Å²) < 4.78 is 5.40. The molecule has 0 aliphatic carbocycles. The number of carboxylic acids is 1. The van der Waals surface area contributed by atoms with Crippen molar-refractivity contribution in [1.29, 1.82) is 0 Å². The van der Waals surface area contributed by atoms with Crippen molar-refractivity contribution in [2.45, 2.75) is 20.8 Å². The van der Waals surface area contributed by atoms with Crippen molar-refractivity contribution >= 4 is 35.1 Å². The number of hydrogen-bond donors (Lipinski definition) is 1. The molecule has 0 saturated carbocycles. The maximum absolute atomic E-state index is 12.4. The van der Waals surface area contributed by atoms with E-state index < -0.39 is 11.9 Å². The molecule has 2 aromatic rings. The summed E-state index contributed by atoms with van der Waals surface area (Å²) in [7, 11) is 0. The molecule has 120 valence electrons. The number of aromatic carboxylic acids is 1. The van der Waals surface area contributed by atoms with Gasteiger partial charge in [-0.2, -0.15) is 0 Å². The van der Waals surface area contributed by atoms with Gasteiger partial charge >= 0.3 is 11.9 Å². The largest absolute Gasteiger partial charge is 0.478 e. The van der Waals surface area contributed by atoms with Crippen LogP contribution < -0.4 is 4.74 Å². The van der Waals surface area contributed by atoms with Gasteiger partial charge in [0.2, 0.25) is 0 Å². The van der Waals surface area contributed by atoms with Crippen LogP contribution in [0.4, 0.5) is 0 Å². The van der Waals surface area contributed by atoms with E-state index in [-0.39, 0.29) is 21.2 Å². The number of carbonyl (C=O) groups excluding carboxylic acids is 1. The third kappa shape index (κ3) is 3.66. The fourth-order valence-corrected chi connectivity index (χ4v) is 2.70. The van der Waals surface area contributed by atoms with Crippen LogP contribution >= 0.6 is 23.2 Å². The van der Waals surface area contributed by atoms with Crippen LogP contribution in [-0.4, -0.2) is 17.0 Å². The topological polar surface area (TPSA) is 63.6 Å². The smallest absolute Gasteiger partial charge is 0.344 e. The van der Waals surface area contributed by atoms with Crippen molar-refractivity contribution in [2.75, 3.05) is 0 Å². The first-order valence-electron chi connectivity index (χ1n) is 6.73. The highest BCUT2D eigenvalue weighted by molar-refractivity contribution is 6.42. The van der Waals surface area contributed by atoms with Crippen LogP contribution in [0.3, 0.4) is 0 Å². The molecule has 0 aromatic heterocycles. The van der Waals surface area contributed by atoms with Crippen LogP contribution in [0.25, 0.3) is 0 Å². The lowest BCUT2D eigenvalue weighted by atomic mass is 10.1. The van der Waals surface area contributed by atoms with Gasteiger partial charge in [0.05, 0.1) is 21.2 Å². The highest BCUT2D eigenvalue weighted by Gasteiger charge is 2.22. The molecule has 23 heavy (non-hydrogen) atoms. The summed E-state index contributed by atoms with van der Waals surface area (Å²) in [6.07, 6.45) is 0. The number of aryl methyl sites for hydroxylation is 3. The predicted molar refractivity (Wildman–Crippen MR) is 89.0 cm³/mol. The van der Waals surface area contributed by atoms with Crippen LogP contribution in [0.15, 0.2) is 24.3 Å². The van der Waals surface area contributed by atoms with E-state index in [1.807, 2.05) is 32.9 Å². The van der Waals surface area contributed by atoms with Crippen molar-refractivity contribution in [3.8, 4) is 5.75 Å². The second-order valence-corrected chi connectivity index (χ2v) is 6.05. The third-order valence-electron chi connectivity index (χ3n) is 3.31. The molecule has 0 heterocycles. The number of ether oxygens (including phenoxy) is 1. The van der Waals surface area contributed by atoms with E-state index in [9.17, 15) is 14.7 Å². The van der Waals surface area contributed by atoms with Gasteiger partial charge in [0.15, 0.2) is 0 Å². The lowest BCUT2D eigenvalue weighted by Crippen LogP contribution is -2.15. The number of carboxylic acid groups (broad SMARTS) is 1. The Bertz CT molecular complexity index is 789. The molecule has 0 atom stereocenters. The summed E-state index contributed by atoms with van der Waals surface area (Å²) in [6.45, 7) is 5.57. The van der Waals surface area contributed by atoms with Gasteiger partial charge in [0.1, 0.15) is 5.75 Å². The van der Waals surface area contributed by atoms with E-state index >= 15 is 0 Å². The molecule has 1 N–H and O–H groups in total. The molecule has 0 saturated heterocycles. The molecule has 0 fully saturated rings. The SMILES string of the molecule is Cc1cc(C)c(OC(=O)c2cc(Cl)c(Cl)cc2C(=O)O)c(C)c1. The molecule has 0 aliphatic rings. The summed E-state index contributed by atoms with van der Waals surface area (Å²) >= 11 is 11.7. The first-order chi connectivity index (χ1) is 10.7. The number of carbonyl (C=O) groups is 2. The van der Waals surface area contributed by atoms with Crippen molar-refractivity contribution in [1.82, 2.24) is 0 Å². The van der Waals surface area contributed by atoms with Crippen LogP contribution in [0, 0.1) is 20.8 Å². The Balaban J connectivity index is 2.46. The molecule has 2 aromatic carbocycles. The molecule has 0 radical (unpaired) electrons. The first kappa shape index (κ1) is 17.3. The van der Waals surface area contributed by atoms with Gasteiger partial charge in [-0.3, -0.25) is 0 Å². The molecule has 4 nitrogen and oxygen atoms in total. The van der Waals surface area contributed by atoms with Crippen LogP contribution in [0.1, 0.15) is 37.4 Å².